The van der Waals surface area contributed by atoms with Gasteiger partial charge in [-0.1, -0.05) is 6.92 Å². The van der Waals surface area contributed by atoms with Gasteiger partial charge in [0.2, 0.25) is 0 Å². The van der Waals surface area contributed by atoms with Crippen LogP contribution < -0.4 is 5.32 Å². The molecule has 0 aliphatic carbocycles. The molecule has 0 unspecified atom stereocenters. The van der Waals surface area contributed by atoms with Gasteiger partial charge in [-0.15, -0.1) is 11.3 Å². The van der Waals surface area contributed by atoms with Gasteiger partial charge in [0.1, 0.15) is 0 Å². The molecule has 1 N–H and O–H groups in total. The summed E-state index contributed by atoms with van der Waals surface area (Å²) in [6.45, 7) is 5.06. The molecule has 0 saturated carbocycles. The molecule has 4 heteroatoms. The SMILES string of the molecule is CCCn1ccc(CNCc2cscn2)c1. The highest BCUT2D eigenvalue weighted by molar-refractivity contribution is 7.07. The summed E-state index contributed by atoms with van der Waals surface area (Å²) in [5.74, 6) is 0. The molecule has 2 aromatic heterocycles. The molecule has 3 nitrogen and oxygen atoms in total. The van der Waals surface area contributed by atoms with E-state index in [1.54, 1.807) is 11.3 Å². The molecule has 2 aromatic rings. The normalized spacial score (nSPS) is 10.8. The molecule has 0 amide bonds. The Hall–Kier alpha value is -1.13. The third-order valence-corrected chi connectivity index (χ3v) is 3.05. The number of hydrogen-bond acceptors (Lipinski definition) is 3. The van der Waals surface area contributed by atoms with E-state index in [9.17, 15) is 0 Å². The van der Waals surface area contributed by atoms with E-state index in [0.29, 0.717) is 0 Å². The van der Waals surface area contributed by atoms with Gasteiger partial charge in [0, 0.05) is 37.4 Å². The zero-order chi connectivity index (χ0) is 11.2. The molecule has 0 saturated heterocycles. The third-order valence-electron chi connectivity index (χ3n) is 2.41. The molecule has 86 valence electrons. The molecule has 0 spiro atoms. The second kappa shape index (κ2) is 5.82. The van der Waals surface area contributed by atoms with Crippen LogP contribution >= 0.6 is 11.3 Å². The van der Waals surface area contributed by atoms with E-state index in [2.05, 4.69) is 45.6 Å². The lowest BCUT2D eigenvalue weighted by molar-refractivity contribution is 0.664. The number of thiazole rings is 1. The quantitative estimate of drug-likeness (QED) is 0.834. The number of nitrogens with one attached hydrogen (secondary N) is 1. The first kappa shape index (κ1) is 11.4. The summed E-state index contributed by atoms with van der Waals surface area (Å²) < 4.78 is 2.24. The van der Waals surface area contributed by atoms with Crippen molar-refractivity contribution in [2.75, 3.05) is 0 Å². The maximum Gasteiger partial charge on any atom is 0.0795 e. The minimum absolute atomic E-state index is 0.850. The van der Waals surface area contributed by atoms with Crippen molar-refractivity contribution in [3.05, 3.63) is 40.6 Å². The molecule has 0 atom stereocenters. The Morgan fingerprint density at radius 1 is 1.44 bits per heavy atom. The fraction of sp³-hybridized carbons (Fsp3) is 0.417. The van der Waals surface area contributed by atoms with Crippen LogP contribution in [0.5, 0.6) is 0 Å². The topological polar surface area (TPSA) is 29.9 Å². The van der Waals surface area contributed by atoms with Crippen molar-refractivity contribution in [3.63, 3.8) is 0 Å². The smallest absolute Gasteiger partial charge is 0.0795 e. The molecular weight excluding hydrogens is 218 g/mol. The van der Waals surface area contributed by atoms with Gasteiger partial charge in [-0.2, -0.15) is 0 Å². The summed E-state index contributed by atoms with van der Waals surface area (Å²) in [6.07, 6.45) is 5.53. The summed E-state index contributed by atoms with van der Waals surface area (Å²) in [6, 6.07) is 2.17. The lowest BCUT2D eigenvalue weighted by Crippen LogP contribution is -2.12. The van der Waals surface area contributed by atoms with Crippen LogP contribution in [-0.2, 0) is 19.6 Å². The monoisotopic (exact) mass is 235 g/mol. The zero-order valence-electron chi connectivity index (χ0n) is 9.52. The van der Waals surface area contributed by atoms with Crippen LogP contribution in [0.4, 0.5) is 0 Å². The minimum Gasteiger partial charge on any atom is -0.354 e. The maximum atomic E-state index is 4.23. The first-order chi connectivity index (χ1) is 7.88. The Morgan fingerprint density at radius 3 is 3.12 bits per heavy atom. The van der Waals surface area contributed by atoms with Gasteiger partial charge in [-0.05, 0) is 18.1 Å². The molecule has 0 fully saturated rings. The molecule has 2 rings (SSSR count). The standard InChI is InChI=1S/C12H17N3S/c1-2-4-15-5-3-11(8-15)6-13-7-12-9-16-10-14-12/h3,5,8-10,13H,2,4,6-7H2,1H3. The van der Waals surface area contributed by atoms with E-state index in [1.165, 1.54) is 12.0 Å². The zero-order valence-corrected chi connectivity index (χ0v) is 10.3. The molecule has 0 aliphatic rings. The van der Waals surface area contributed by atoms with Crippen LogP contribution in [0.2, 0.25) is 0 Å². The Labute approximate surface area is 100 Å². The summed E-state index contributed by atoms with van der Waals surface area (Å²) in [5.41, 5.74) is 4.33. The number of aromatic nitrogens is 2. The molecule has 0 aliphatic heterocycles. The summed E-state index contributed by atoms with van der Waals surface area (Å²) in [4.78, 5) is 4.23. The first-order valence-electron chi connectivity index (χ1n) is 5.61. The molecule has 16 heavy (non-hydrogen) atoms. The maximum absolute atomic E-state index is 4.23. The Kier molecular flexibility index (Phi) is 4.13. The summed E-state index contributed by atoms with van der Waals surface area (Å²) >= 11 is 1.64. The summed E-state index contributed by atoms with van der Waals surface area (Å²) in [7, 11) is 0. The van der Waals surface area contributed by atoms with Crippen molar-refractivity contribution in [3.8, 4) is 0 Å². The first-order valence-corrected chi connectivity index (χ1v) is 6.55. The van der Waals surface area contributed by atoms with Gasteiger partial charge in [0.15, 0.2) is 0 Å². The Balaban J connectivity index is 1.76. The lowest BCUT2D eigenvalue weighted by atomic mass is 10.3. The number of rotatable bonds is 6. The van der Waals surface area contributed by atoms with Crippen molar-refractivity contribution in [1.29, 1.82) is 0 Å². The largest absolute Gasteiger partial charge is 0.354 e. The predicted molar refractivity (Wildman–Crippen MR) is 67.4 cm³/mol. The third kappa shape index (κ3) is 3.18. The number of nitrogens with zero attached hydrogens (tertiary/aromatic N) is 2. The van der Waals surface area contributed by atoms with E-state index >= 15 is 0 Å². The van der Waals surface area contributed by atoms with Crippen LogP contribution in [0.3, 0.4) is 0 Å². The number of aryl methyl sites for hydroxylation is 1. The average molecular weight is 235 g/mol. The Morgan fingerprint density at radius 2 is 2.38 bits per heavy atom. The second-order valence-electron chi connectivity index (χ2n) is 3.84. The predicted octanol–water partition coefficient (Wildman–Crippen LogP) is 2.64. The second-order valence-corrected chi connectivity index (χ2v) is 4.56. The van der Waals surface area contributed by atoms with Crippen molar-refractivity contribution in [2.24, 2.45) is 0 Å². The highest BCUT2D eigenvalue weighted by atomic mass is 32.1. The average Bonchev–Trinajstić information content (AvgIpc) is 2.90. The van der Waals surface area contributed by atoms with Gasteiger partial charge in [0.25, 0.3) is 0 Å². The highest BCUT2D eigenvalue weighted by Gasteiger charge is 1.97. The van der Waals surface area contributed by atoms with E-state index in [0.717, 1.165) is 25.3 Å². The van der Waals surface area contributed by atoms with Gasteiger partial charge in [-0.25, -0.2) is 4.98 Å². The van der Waals surface area contributed by atoms with Crippen molar-refractivity contribution in [1.82, 2.24) is 14.9 Å². The molecular formula is C12H17N3S. The lowest BCUT2D eigenvalue weighted by Gasteiger charge is -2.00. The minimum atomic E-state index is 0.850. The van der Waals surface area contributed by atoms with Gasteiger partial charge >= 0.3 is 0 Å². The van der Waals surface area contributed by atoms with Gasteiger partial charge < -0.3 is 9.88 Å². The van der Waals surface area contributed by atoms with Crippen molar-refractivity contribution < 1.29 is 0 Å². The van der Waals surface area contributed by atoms with Gasteiger partial charge in [-0.3, -0.25) is 0 Å². The Bertz CT molecular complexity index is 406. The highest BCUT2D eigenvalue weighted by Crippen LogP contribution is 2.04. The summed E-state index contributed by atoms with van der Waals surface area (Å²) in [5, 5.41) is 5.47. The van der Waals surface area contributed by atoms with E-state index in [1.807, 2.05) is 5.51 Å². The van der Waals surface area contributed by atoms with E-state index in [4.69, 9.17) is 0 Å². The fourth-order valence-electron chi connectivity index (χ4n) is 1.65. The van der Waals surface area contributed by atoms with Crippen molar-refractivity contribution >= 4 is 11.3 Å². The van der Waals surface area contributed by atoms with Crippen LogP contribution in [-0.4, -0.2) is 9.55 Å². The molecule has 2 heterocycles. The van der Waals surface area contributed by atoms with Crippen LogP contribution in [0, 0.1) is 0 Å². The van der Waals surface area contributed by atoms with Crippen LogP contribution in [0.15, 0.2) is 29.4 Å². The molecule has 0 aromatic carbocycles. The molecule has 0 bridgehead atoms. The van der Waals surface area contributed by atoms with Crippen LogP contribution in [0.25, 0.3) is 0 Å². The van der Waals surface area contributed by atoms with E-state index in [-0.39, 0.29) is 0 Å². The van der Waals surface area contributed by atoms with E-state index < -0.39 is 0 Å². The van der Waals surface area contributed by atoms with Crippen molar-refractivity contribution in [2.45, 2.75) is 33.0 Å². The van der Waals surface area contributed by atoms with Crippen LogP contribution in [0.1, 0.15) is 24.6 Å². The fourth-order valence-corrected chi connectivity index (χ4v) is 2.21. The number of hydrogen-bond donors (Lipinski definition) is 1. The molecule has 0 radical (unpaired) electrons. The van der Waals surface area contributed by atoms with Gasteiger partial charge in [0.05, 0.1) is 11.2 Å².